The van der Waals surface area contributed by atoms with E-state index in [0.717, 1.165) is 4.90 Å². The van der Waals surface area contributed by atoms with Gasteiger partial charge in [-0.1, -0.05) is 17.7 Å². The summed E-state index contributed by atoms with van der Waals surface area (Å²) in [6, 6.07) is 13.7. The van der Waals surface area contributed by atoms with Crippen molar-refractivity contribution in [2.75, 3.05) is 0 Å². The van der Waals surface area contributed by atoms with Crippen LogP contribution >= 0.6 is 23.4 Å². The minimum Gasteiger partial charge on any atom is -0.207 e. The van der Waals surface area contributed by atoms with Crippen LogP contribution in [0.15, 0.2) is 47.4 Å². The zero-order valence-corrected chi connectivity index (χ0v) is 10.9. The van der Waals surface area contributed by atoms with E-state index in [2.05, 4.69) is 6.07 Å². The third kappa shape index (κ3) is 3.25. The van der Waals surface area contributed by atoms with Crippen LogP contribution < -0.4 is 0 Å². The van der Waals surface area contributed by atoms with E-state index in [1.54, 1.807) is 6.07 Å². The van der Waals surface area contributed by atoms with Gasteiger partial charge < -0.3 is 0 Å². The fraction of sp³-hybridized carbons (Fsp3) is 0.0714. The molecule has 0 aliphatic carbocycles. The number of rotatable bonds is 3. The van der Waals surface area contributed by atoms with E-state index in [1.165, 1.54) is 30.0 Å². The molecule has 0 aliphatic heterocycles. The van der Waals surface area contributed by atoms with Crippen molar-refractivity contribution in [3.05, 3.63) is 64.4 Å². The molecule has 0 unspecified atom stereocenters. The van der Waals surface area contributed by atoms with E-state index in [4.69, 9.17) is 16.9 Å². The normalized spacial score (nSPS) is 10.1. The number of nitrogens with zero attached hydrogens (tertiary/aromatic N) is 1. The van der Waals surface area contributed by atoms with Gasteiger partial charge in [-0.3, -0.25) is 0 Å². The smallest absolute Gasteiger partial charge is 0.123 e. The summed E-state index contributed by atoms with van der Waals surface area (Å²) >= 11 is 7.41. The predicted octanol–water partition coefficient (Wildman–Crippen LogP) is 4.64. The molecule has 0 amide bonds. The fourth-order valence-electron chi connectivity index (χ4n) is 1.51. The van der Waals surface area contributed by atoms with Crippen molar-refractivity contribution < 1.29 is 4.39 Å². The molecule has 0 atom stereocenters. The first-order valence-electron chi connectivity index (χ1n) is 5.26. The van der Waals surface area contributed by atoms with Crippen molar-refractivity contribution in [3.63, 3.8) is 0 Å². The first kappa shape index (κ1) is 12.9. The van der Waals surface area contributed by atoms with Crippen molar-refractivity contribution in [2.45, 2.75) is 10.6 Å². The van der Waals surface area contributed by atoms with E-state index in [1.807, 2.05) is 18.2 Å². The summed E-state index contributed by atoms with van der Waals surface area (Å²) in [4.78, 5) is 0.996. The van der Waals surface area contributed by atoms with Crippen LogP contribution in [0.2, 0.25) is 5.02 Å². The average molecular weight is 278 g/mol. The molecule has 0 N–H and O–H groups in total. The largest absolute Gasteiger partial charge is 0.207 e. The molecule has 0 radical (unpaired) electrons. The molecule has 0 spiro atoms. The molecule has 2 aromatic carbocycles. The maximum atomic E-state index is 13.1. The van der Waals surface area contributed by atoms with Crippen LogP contribution in [0.4, 0.5) is 4.39 Å². The second-order valence-electron chi connectivity index (χ2n) is 3.66. The molecule has 2 rings (SSSR count). The van der Waals surface area contributed by atoms with Crippen LogP contribution in [-0.2, 0) is 5.75 Å². The average Bonchev–Trinajstić information content (AvgIpc) is 2.37. The van der Waals surface area contributed by atoms with E-state index in [-0.39, 0.29) is 5.82 Å². The summed E-state index contributed by atoms with van der Waals surface area (Å²) in [6.45, 7) is 0. The lowest BCUT2D eigenvalue weighted by atomic mass is 10.1. The van der Waals surface area contributed by atoms with Gasteiger partial charge in [0.15, 0.2) is 0 Å². The first-order valence-corrected chi connectivity index (χ1v) is 6.62. The summed E-state index contributed by atoms with van der Waals surface area (Å²) in [5, 5.41) is 9.61. The Morgan fingerprint density at radius 2 is 2.06 bits per heavy atom. The van der Waals surface area contributed by atoms with Gasteiger partial charge in [-0.05, 0) is 42.0 Å². The van der Waals surface area contributed by atoms with Crippen LogP contribution in [0.1, 0.15) is 11.1 Å². The van der Waals surface area contributed by atoms with E-state index < -0.39 is 0 Å². The third-order valence-corrected chi connectivity index (χ3v) is 3.66. The van der Waals surface area contributed by atoms with Crippen molar-refractivity contribution in [3.8, 4) is 6.07 Å². The highest BCUT2D eigenvalue weighted by molar-refractivity contribution is 7.98. The zero-order valence-electron chi connectivity index (χ0n) is 9.36. The van der Waals surface area contributed by atoms with Crippen LogP contribution in [0.5, 0.6) is 0 Å². The topological polar surface area (TPSA) is 23.8 Å². The zero-order chi connectivity index (χ0) is 13.0. The molecular weight excluding hydrogens is 269 g/mol. The summed E-state index contributed by atoms with van der Waals surface area (Å²) in [6.07, 6.45) is 0. The number of nitriles is 1. The van der Waals surface area contributed by atoms with E-state index in [0.29, 0.717) is 21.9 Å². The number of thioether (sulfide) groups is 1. The second-order valence-corrected chi connectivity index (χ2v) is 5.14. The number of hydrogen-bond acceptors (Lipinski definition) is 2. The van der Waals surface area contributed by atoms with Gasteiger partial charge in [0.1, 0.15) is 5.82 Å². The SMILES string of the molecule is N#Cc1ccc(F)cc1CSc1cccc(Cl)c1. The van der Waals surface area contributed by atoms with E-state index in [9.17, 15) is 4.39 Å². The molecular formula is C14H9ClFNS. The quantitative estimate of drug-likeness (QED) is 0.763. The van der Waals surface area contributed by atoms with Gasteiger partial charge >= 0.3 is 0 Å². The first-order chi connectivity index (χ1) is 8.69. The van der Waals surface area contributed by atoms with Crippen molar-refractivity contribution in [2.24, 2.45) is 0 Å². The molecule has 0 aliphatic rings. The molecule has 18 heavy (non-hydrogen) atoms. The van der Waals surface area contributed by atoms with Crippen molar-refractivity contribution in [1.82, 2.24) is 0 Å². The van der Waals surface area contributed by atoms with Crippen molar-refractivity contribution >= 4 is 23.4 Å². The van der Waals surface area contributed by atoms with Gasteiger partial charge in [-0.2, -0.15) is 5.26 Å². The highest BCUT2D eigenvalue weighted by atomic mass is 35.5. The number of halogens is 2. The Labute approximate surface area is 114 Å². The van der Waals surface area contributed by atoms with Gasteiger partial charge in [-0.15, -0.1) is 11.8 Å². The molecule has 4 heteroatoms. The number of benzene rings is 2. The predicted molar refractivity (Wildman–Crippen MR) is 72.1 cm³/mol. The third-order valence-electron chi connectivity index (χ3n) is 2.38. The molecule has 0 heterocycles. The highest BCUT2D eigenvalue weighted by Crippen LogP contribution is 2.26. The molecule has 2 aromatic rings. The Hall–Kier alpha value is -1.50. The maximum absolute atomic E-state index is 13.1. The van der Waals surface area contributed by atoms with Gasteiger partial charge in [-0.25, -0.2) is 4.39 Å². The Balaban J connectivity index is 2.15. The van der Waals surface area contributed by atoms with E-state index >= 15 is 0 Å². The molecule has 0 fully saturated rings. The molecule has 0 aromatic heterocycles. The maximum Gasteiger partial charge on any atom is 0.123 e. The van der Waals surface area contributed by atoms with Gasteiger partial charge in [0.2, 0.25) is 0 Å². The minimum atomic E-state index is -0.323. The van der Waals surface area contributed by atoms with Gasteiger partial charge in [0.05, 0.1) is 11.6 Å². The van der Waals surface area contributed by atoms with Gasteiger partial charge in [0, 0.05) is 15.7 Å². The Bertz CT molecular complexity index is 607. The lowest BCUT2D eigenvalue weighted by molar-refractivity contribution is 0.626. The molecule has 0 saturated heterocycles. The Kier molecular flexibility index (Phi) is 4.24. The lowest BCUT2D eigenvalue weighted by Gasteiger charge is -2.04. The monoisotopic (exact) mass is 277 g/mol. The Morgan fingerprint density at radius 3 is 2.78 bits per heavy atom. The van der Waals surface area contributed by atoms with Crippen LogP contribution in [0.25, 0.3) is 0 Å². The summed E-state index contributed by atoms with van der Waals surface area (Å²) in [7, 11) is 0. The second kappa shape index (κ2) is 5.90. The minimum absolute atomic E-state index is 0.323. The Morgan fingerprint density at radius 1 is 1.22 bits per heavy atom. The van der Waals surface area contributed by atoms with Gasteiger partial charge in [0.25, 0.3) is 0 Å². The standard InChI is InChI=1S/C14H9ClFNS/c15-12-2-1-3-14(7-12)18-9-11-6-13(16)5-4-10(11)8-17/h1-7H,9H2. The summed E-state index contributed by atoms with van der Waals surface area (Å²) in [5.41, 5.74) is 1.20. The summed E-state index contributed by atoms with van der Waals surface area (Å²) in [5.74, 6) is 0.219. The fourth-order valence-corrected chi connectivity index (χ4v) is 2.71. The van der Waals surface area contributed by atoms with Crippen molar-refractivity contribution in [1.29, 1.82) is 5.26 Å². The van der Waals surface area contributed by atoms with Crippen LogP contribution in [0, 0.1) is 17.1 Å². The van der Waals surface area contributed by atoms with Crippen LogP contribution in [-0.4, -0.2) is 0 Å². The summed E-state index contributed by atoms with van der Waals surface area (Å²) < 4.78 is 13.1. The molecule has 90 valence electrons. The molecule has 0 saturated carbocycles. The van der Waals surface area contributed by atoms with Crippen LogP contribution in [0.3, 0.4) is 0 Å². The molecule has 0 bridgehead atoms. The number of hydrogen-bond donors (Lipinski definition) is 0. The lowest BCUT2D eigenvalue weighted by Crippen LogP contribution is -1.89. The molecule has 1 nitrogen and oxygen atoms in total. The highest BCUT2D eigenvalue weighted by Gasteiger charge is 2.05.